The van der Waals surface area contributed by atoms with Gasteiger partial charge in [-0.2, -0.15) is 0 Å². The molecule has 0 bridgehead atoms. The first-order valence-electron chi connectivity index (χ1n) is 3.83. The standard InChI is InChI=1S/C8H11ClO4/c1-3-5(7(10)11)6(9)8(12)13-4-2/h3-4H2,1-2H3,(H,10,11). The molecule has 0 aromatic carbocycles. The molecule has 0 saturated carbocycles. The van der Waals surface area contributed by atoms with E-state index in [9.17, 15) is 9.59 Å². The van der Waals surface area contributed by atoms with E-state index in [-0.39, 0.29) is 23.6 Å². The molecule has 0 aliphatic carbocycles. The summed E-state index contributed by atoms with van der Waals surface area (Å²) >= 11 is 5.50. The normalized spacial score (nSPS) is 11.9. The summed E-state index contributed by atoms with van der Waals surface area (Å²) < 4.78 is 4.54. The van der Waals surface area contributed by atoms with Crippen molar-refractivity contribution < 1.29 is 19.4 Å². The van der Waals surface area contributed by atoms with Gasteiger partial charge in [0, 0.05) is 0 Å². The van der Waals surface area contributed by atoms with Crippen molar-refractivity contribution in [3.05, 3.63) is 10.6 Å². The number of rotatable bonds is 4. The fourth-order valence-electron chi connectivity index (χ4n) is 0.718. The topological polar surface area (TPSA) is 63.6 Å². The van der Waals surface area contributed by atoms with Crippen LogP contribution >= 0.6 is 11.6 Å². The van der Waals surface area contributed by atoms with Gasteiger partial charge in [-0.15, -0.1) is 0 Å². The Balaban J connectivity index is 4.74. The fourth-order valence-corrected chi connectivity index (χ4v) is 0.987. The quantitative estimate of drug-likeness (QED) is 0.560. The van der Waals surface area contributed by atoms with Crippen molar-refractivity contribution >= 4 is 23.5 Å². The summed E-state index contributed by atoms with van der Waals surface area (Å²) in [7, 11) is 0. The SMILES string of the molecule is CCOC(=O)C(Cl)=C(CC)C(=O)O. The minimum Gasteiger partial charge on any atom is -0.478 e. The number of carboxylic acid groups (broad SMARTS) is 1. The Morgan fingerprint density at radius 2 is 1.92 bits per heavy atom. The van der Waals surface area contributed by atoms with E-state index >= 15 is 0 Å². The largest absolute Gasteiger partial charge is 0.478 e. The third-order valence-electron chi connectivity index (χ3n) is 1.33. The van der Waals surface area contributed by atoms with Crippen molar-refractivity contribution in [2.45, 2.75) is 20.3 Å². The van der Waals surface area contributed by atoms with Gasteiger partial charge in [0.25, 0.3) is 0 Å². The summed E-state index contributed by atoms with van der Waals surface area (Å²) in [5.74, 6) is -1.98. The van der Waals surface area contributed by atoms with Gasteiger partial charge in [-0.1, -0.05) is 18.5 Å². The highest BCUT2D eigenvalue weighted by atomic mass is 35.5. The molecule has 0 radical (unpaired) electrons. The van der Waals surface area contributed by atoms with Crippen LogP contribution < -0.4 is 0 Å². The Morgan fingerprint density at radius 3 is 2.23 bits per heavy atom. The molecular weight excluding hydrogens is 196 g/mol. The lowest BCUT2D eigenvalue weighted by Crippen LogP contribution is -2.10. The predicted octanol–water partition coefficient (Wildman–Crippen LogP) is 1.54. The third-order valence-corrected chi connectivity index (χ3v) is 1.71. The highest BCUT2D eigenvalue weighted by Gasteiger charge is 2.17. The van der Waals surface area contributed by atoms with Crippen LogP contribution in [-0.4, -0.2) is 23.7 Å². The fraction of sp³-hybridized carbons (Fsp3) is 0.500. The molecule has 5 heteroatoms. The van der Waals surface area contributed by atoms with Crippen molar-refractivity contribution in [2.24, 2.45) is 0 Å². The molecule has 1 N–H and O–H groups in total. The van der Waals surface area contributed by atoms with Crippen molar-refractivity contribution in [1.29, 1.82) is 0 Å². The number of carboxylic acids is 1. The minimum atomic E-state index is -1.19. The molecule has 13 heavy (non-hydrogen) atoms. The number of hydrogen-bond donors (Lipinski definition) is 1. The highest BCUT2D eigenvalue weighted by Crippen LogP contribution is 2.14. The molecule has 0 atom stereocenters. The van der Waals surface area contributed by atoms with Crippen LogP contribution in [0.4, 0.5) is 0 Å². The van der Waals surface area contributed by atoms with Gasteiger partial charge in [-0.25, -0.2) is 9.59 Å². The third kappa shape index (κ3) is 3.46. The van der Waals surface area contributed by atoms with Crippen LogP contribution in [0.3, 0.4) is 0 Å². The second-order valence-corrected chi connectivity index (χ2v) is 2.55. The smallest absolute Gasteiger partial charge is 0.350 e. The van der Waals surface area contributed by atoms with E-state index < -0.39 is 11.9 Å². The Hall–Kier alpha value is -1.03. The maximum atomic E-state index is 11.0. The molecule has 0 spiro atoms. The lowest BCUT2D eigenvalue weighted by atomic mass is 10.2. The first-order chi connectivity index (χ1) is 6.04. The predicted molar refractivity (Wildman–Crippen MR) is 47.4 cm³/mol. The van der Waals surface area contributed by atoms with E-state index in [1.807, 2.05) is 0 Å². The Morgan fingerprint density at radius 1 is 1.38 bits per heavy atom. The Labute approximate surface area is 81.1 Å². The van der Waals surface area contributed by atoms with Crippen LogP contribution in [0.2, 0.25) is 0 Å². The molecule has 0 aromatic heterocycles. The number of carbonyl (C=O) groups excluding carboxylic acids is 1. The van der Waals surface area contributed by atoms with E-state index in [0.717, 1.165) is 0 Å². The molecule has 0 aromatic rings. The first-order valence-corrected chi connectivity index (χ1v) is 4.21. The molecule has 0 heterocycles. The van der Waals surface area contributed by atoms with Gasteiger partial charge >= 0.3 is 11.9 Å². The van der Waals surface area contributed by atoms with E-state index in [1.54, 1.807) is 13.8 Å². The Kier molecular flexibility index (Phi) is 5.14. The van der Waals surface area contributed by atoms with Crippen molar-refractivity contribution in [1.82, 2.24) is 0 Å². The molecule has 0 fully saturated rings. The van der Waals surface area contributed by atoms with E-state index in [4.69, 9.17) is 16.7 Å². The molecule has 0 aliphatic heterocycles. The second kappa shape index (κ2) is 5.59. The number of esters is 1. The lowest BCUT2D eigenvalue weighted by molar-refractivity contribution is -0.139. The van der Waals surface area contributed by atoms with Crippen LogP contribution in [0.25, 0.3) is 0 Å². The van der Waals surface area contributed by atoms with Crippen LogP contribution in [0.5, 0.6) is 0 Å². The molecule has 0 amide bonds. The number of ether oxygens (including phenoxy) is 1. The summed E-state index contributed by atoms with van der Waals surface area (Å²) in [4.78, 5) is 21.5. The van der Waals surface area contributed by atoms with Crippen LogP contribution in [-0.2, 0) is 14.3 Å². The molecular formula is C8H11ClO4. The molecule has 74 valence electrons. The monoisotopic (exact) mass is 206 g/mol. The van der Waals surface area contributed by atoms with Gasteiger partial charge in [-0.05, 0) is 13.3 Å². The van der Waals surface area contributed by atoms with Crippen molar-refractivity contribution in [3.8, 4) is 0 Å². The molecule has 0 saturated heterocycles. The number of aliphatic carboxylic acids is 1. The number of halogens is 1. The summed E-state index contributed by atoms with van der Waals surface area (Å²) in [5.41, 5.74) is -0.125. The summed E-state index contributed by atoms with van der Waals surface area (Å²) in [6, 6.07) is 0. The van der Waals surface area contributed by atoms with Crippen molar-refractivity contribution in [2.75, 3.05) is 6.61 Å². The molecule has 4 nitrogen and oxygen atoms in total. The summed E-state index contributed by atoms with van der Waals surface area (Å²) in [6.07, 6.45) is 0.187. The van der Waals surface area contributed by atoms with E-state index in [0.29, 0.717) is 0 Å². The van der Waals surface area contributed by atoms with Gasteiger partial charge in [0.05, 0.1) is 12.2 Å². The zero-order valence-corrected chi connectivity index (χ0v) is 8.22. The van der Waals surface area contributed by atoms with Crippen LogP contribution in [0.1, 0.15) is 20.3 Å². The molecule has 0 aliphatic rings. The summed E-state index contributed by atoms with van der Waals surface area (Å²) in [6.45, 7) is 3.39. The van der Waals surface area contributed by atoms with Crippen LogP contribution in [0.15, 0.2) is 10.6 Å². The molecule has 0 rings (SSSR count). The average molecular weight is 207 g/mol. The van der Waals surface area contributed by atoms with Gasteiger partial charge in [0.15, 0.2) is 0 Å². The molecule has 0 unspecified atom stereocenters. The van der Waals surface area contributed by atoms with Crippen LogP contribution in [0, 0.1) is 0 Å². The van der Waals surface area contributed by atoms with Gasteiger partial charge in [-0.3, -0.25) is 0 Å². The number of hydrogen-bond acceptors (Lipinski definition) is 3. The average Bonchev–Trinajstić information content (AvgIpc) is 2.05. The zero-order valence-electron chi connectivity index (χ0n) is 7.46. The van der Waals surface area contributed by atoms with E-state index in [2.05, 4.69) is 4.74 Å². The van der Waals surface area contributed by atoms with Crippen molar-refractivity contribution in [3.63, 3.8) is 0 Å². The minimum absolute atomic E-state index is 0.125. The van der Waals surface area contributed by atoms with E-state index in [1.165, 1.54) is 0 Å². The van der Waals surface area contributed by atoms with Gasteiger partial charge in [0.1, 0.15) is 5.03 Å². The second-order valence-electron chi connectivity index (χ2n) is 2.17. The first kappa shape index (κ1) is 12.0. The number of carbonyl (C=O) groups is 2. The summed E-state index contributed by atoms with van der Waals surface area (Å²) in [5, 5.41) is 8.26. The Bertz CT molecular complexity index is 245. The maximum Gasteiger partial charge on any atom is 0.350 e. The lowest BCUT2D eigenvalue weighted by Gasteiger charge is -2.03. The zero-order chi connectivity index (χ0) is 10.4. The van der Waals surface area contributed by atoms with Gasteiger partial charge < -0.3 is 9.84 Å². The van der Waals surface area contributed by atoms with Gasteiger partial charge in [0.2, 0.25) is 0 Å². The maximum absolute atomic E-state index is 11.0. The highest BCUT2D eigenvalue weighted by molar-refractivity contribution is 6.43.